The third kappa shape index (κ3) is 2.55. The first kappa shape index (κ1) is 11.5. The molecule has 1 aromatic heterocycles. The molecule has 1 saturated heterocycles. The summed E-state index contributed by atoms with van der Waals surface area (Å²) in [7, 11) is 1.95. The minimum Gasteiger partial charge on any atom is -0.382 e. The molecule has 0 unspecified atom stereocenters. The largest absolute Gasteiger partial charge is 0.382 e. The van der Waals surface area contributed by atoms with Crippen molar-refractivity contribution in [3.63, 3.8) is 0 Å². The molecule has 0 aromatic carbocycles. The quantitative estimate of drug-likeness (QED) is 0.813. The van der Waals surface area contributed by atoms with Crippen LogP contribution in [-0.2, 0) is 7.05 Å². The zero-order chi connectivity index (χ0) is 11.4. The van der Waals surface area contributed by atoms with E-state index in [0.29, 0.717) is 5.41 Å². The summed E-state index contributed by atoms with van der Waals surface area (Å²) in [6.07, 6.45) is 7.73. The van der Waals surface area contributed by atoms with Crippen molar-refractivity contribution < 1.29 is 0 Å². The van der Waals surface area contributed by atoms with Crippen LogP contribution in [0.15, 0.2) is 12.4 Å². The topological polar surface area (TPSA) is 41.9 Å². The summed E-state index contributed by atoms with van der Waals surface area (Å²) in [6, 6.07) is 0. The first-order valence-corrected chi connectivity index (χ1v) is 6.17. The molecule has 1 aliphatic heterocycles. The van der Waals surface area contributed by atoms with Gasteiger partial charge in [-0.15, -0.1) is 0 Å². The van der Waals surface area contributed by atoms with Crippen molar-refractivity contribution >= 4 is 5.69 Å². The summed E-state index contributed by atoms with van der Waals surface area (Å²) in [5.41, 5.74) is 1.61. The minimum atomic E-state index is 0.473. The summed E-state index contributed by atoms with van der Waals surface area (Å²) in [6.45, 7) is 5.68. The van der Waals surface area contributed by atoms with Crippen LogP contribution in [0.1, 0.15) is 26.2 Å². The predicted molar refractivity (Wildman–Crippen MR) is 66.5 cm³/mol. The minimum absolute atomic E-state index is 0.473. The van der Waals surface area contributed by atoms with Crippen molar-refractivity contribution in [1.82, 2.24) is 15.1 Å². The van der Waals surface area contributed by atoms with Crippen molar-refractivity contribution in [2.75, 3.05) is 25.0 Å². The Hall–Kier alpha value is -1.03. The molecule has 0 bridgehead atoms. The van der Waals surface area contributed by atoms with Crippen LogP contribution in [0.5, 0.6) is 0 Å². The molecule has 1 aromatic rings. The SMILES string of the molecule is CCC1(CNc2cnn(C)c2)CCNCC1. The highest BCUT2D eigenvalue weighted by Gasteiger charge is 2.29. The van der Waals surface area contributed by atoms with E-state index in [1.165, 1.54) is 19.3 Å². The lowest BCUT2D eigenvalue weighted by Crippen LogP contribution is -2.40. The fraction of sp³-hybridized carbons (Fsp3) is 0.750. The number of piperidine rings is 1. The maximum absolute atomic E-state index is 4.17. The number of hydrogen-bond donors (Lipinski definition) is 2. The summed E-state index contributed by atoms with van der Waals surface area (Å²) < 4.78 is 1.84. The van der Waals surface area contributed by atoms with E-state index >= 15 is 0 Å². The molecule has 0 aliphatic carbocycles. The van der Waals surface area contributed by atoms with Gasteiger partial charge >= 0.3 is 0 Å². The number of anilines is 1. The highest BCUT2D eigenvalue weighted by Crippen LogP contribution is 2.32. The third-order valence-electron chi connectivity index (χ3n) is 3.79. The van der Waals surface area contributed by atoms with Crippen molar-refractivity contribution in [2.45, 2.75) is 26.2 Å². The summed E-state index contributed by atoms with van der Waals surface area (Å²) in [5, 5.41) is 11.1. The Labute approximate surface area is 97.4 Å². The standard InChI is InChI=1S/C12H22N4/c1-3-12(4-6-13-7-5-12)10-14-11-8-15-16(2)9-11/h8-9,13-14H,3-7,10H2,1-2H3. The average molecular weight is 222 g/mol. The zero-order valence-corrected chi connectivity index (χ0v) is 10.3. The highest BCUT2D eigenvalue weighted by atomic mass is 15.3. The van der Waals surface area contributed by atoms with Crippen LogP contribution in [-0.4, -0.2) is 29.4 Å². The Morgan fingerprint density at radius 2 is 2.25 bits per heavy atom. The fourth-order valence-electron chi connectivity index (χ4n) is 2.41. The van der Waals surface area contributed by atoms with Crippen molar-refractivity contribution in [1.29, 1.82) is 0 Å². The molecular weight excluding hydrogens is 200 g/mol. The number of aromatic nitrogens is 2. The normalized spacial score (nSPS) is 19.6. The van der Waals surface area contributed by atoms with Gasteiger partial charge in [-0.25, -0.2) is 0 Å². The Kier molecular flexibility index (Phi) is 3.49. The van der Waals surface area contributed by atoms with Crippen LogP contribution >= 0.6 is 0 Å². The maximum atomic E-state index is 4.17. The number of hydrogen-bond acceptors (Lipinski definition) is 3. The molecule has 0 amide bonds. The first-order chi connectivity index (χ1) is 7.74. The van der Waals surface area contributed by atoms with E-state index in [1.54, 1.807) is 0 Å². The lowest BCUT2D eigenvalue weighted by atomic mass is 9.76. The monoisotopic (exact) mass is 222 g/mol. The van der Waals surface area contributed by atoms with E-state index in [4.69, 9.17) is 0 Å². The number of nitrogens with zero attached hydrogens (tertiary/aromatic N) is 2. The second kappa shape index (κ2) is 4.87. The predicted octanol–water partition coefficient (Wildman–Crippen LogP) is 1.61. The van der Waals surface area contributed by atoms with Crippen LogP contribution in [0.3, 0.4) is 0 Å². The molecule has 0 radical (unpaired) electrons. The Bertz CT molecular complexity index is 326. The van der Waals surface area contributed by atoms with Crippen molar-refractivity contribution in [2.24, 2.45) is 12.5 Å². The molecule has 0 atom stereocenters. The molecule has 2 heterocycles. The average Bonchev–Trinajstić information content (AvgIpc) is 2.74. The van der Waals surface area contributed by atoms with Gasteiger partial charge < -0.3 is 10.6 Å². The van der Waals surface area contributed by atoms with Crippen LogP contribution in [0.25, 0.3) is 0 Å². The summed E-state index contributed by atoms with van der Waals surface area (Å²) in [4.78, 5) is 0. The molecule has 0 spiro atoms. The lowest BCUT2D eigenvalue weighted by molar-refractivity contribution is 0.210. The molecule has 16 heavy (non-hydrogen) atoms. The first-order valence-electron chi connectivity index (χ1n) is 6.17. The zero-order valence-electron chi connectivity index (χ0n) is 10.3. The van der Waals surface area contributed by atoms with Gasteiger partial charge in [-0.3, -0.25) is 4.68 Å². The molecule has 0 saturated carbocycles. The van der Waals surface area contributed by atoms with Gasteiger partial charge in [0, 0.05) is 19.8 Å². The van der Waals surface area contributed by atoms with Crippen molar-refractivity contribution in [3.8, 4) is 0 Å². The number of rotatable bonds is 4. The van der Waals surface area contributed by atoms with E-state index in [2.05, 4.69) is 22.7 Å². The molecule has 1 aliphatic rings. The van der Waals surface area contributed by atoms with E-state index in [1.807, 2.05) is 24.1 Å². The van der Waals surface area contributed by atoms with E-state index in [9.17, 15) is 0 Å². The molecule has 90 valence electrons. The lowest BCUT2D eigenvalue weighted by Gasteiger charge is -2.37. The second-order valence-electron chi connectivity index (χ2n) is 4.86. The van der Waals surface area contributed by atoms with Crippen LogP contribution < -0.4 is 10.6 Å². The van der Waals surface area contributed by atoms with Gasteiger partial charge in [0.1, 0.15) is 0 Å². The fourth-order valence-corrected chi connectivity index (χ4v) is 2.41. The molecule has 1 fully saturated rings. The van der Waals surface area contributed by atoms with E-state index < -0.39 is 0 Å². The Morgan fingerprint density at radius 1 is 1.50 bits per heavy atom. The van der Waals surface area contributed by atoms with E-state index in [0.717, 1.165) is 25.3 Å². The summed E-state index contributed by atoms with van der Waals surface area (Å²) in [5.74, 6) is 0. The molecule has 4 heteroatoms. The number of nitrogens with one attached hydrogen (secondary N) is 2. The molecular formula is C12H22N4. The van der Waals surface area contributed by atoms with Gasteiger partial charge in [-0.1, -0.05) is 6.92 Å². The maximum Gasteiger partial charge on any atom is 0.0726 e. The Balaban J connectivity index is 1.91. The van der Waals surface area contributed by atoms with Gasteiger partial charge in [0.15, 0.2) is 0 Å². The molecule has 2 N–H and O–H groups in total. The van der Waals surface area contributed by atoms with Crippen LogP contribution in [0, 0.1) is 5.41 Å². The number of aryl methyl sites for hydroxylation is 1. The van der Waals surface area contributed by atoms with Gasteiger partial charge in [0.25, 0.3) is 0 Å². The molecule has 4 nitrogen and oxygen atoms in total. The van der Waals surface area contributed by atoms with Gasteiger partial charge in [-0.2, -0.15) is 5.10 Å². The highest BCUT2D eigenvalue weighted by molar-refractivity contribution is 5.38. The molecule has 2 rings (SSSR count). The Morgan fingerprint density at radius 3 is 2.81 bits per heavy atom. The van der Waals surface area contributed by atoms with Gasteiger partial charge in [-0.05, 0) is 37.8 Å². The van der Waals surface area contributed by atoms with Gasteiger partial charge in [0.05, 0.1) is 11.9 Å². The van der Waals surface area contributed by atoms with Gasteiger partial charge in [0.2, 0.25) is 0 Å². The second-order valence-corrected chi connectivity index (χ2v) is 4.86. The van der Waals surface area contributed by atoms with Crippen molar-refractivity contribution in [3.05, 3.63) is 12.4 Å². The van der Waals surface area contributed by atoms with Crippen LogP contribution in [0.2, 0.25) is 0 Å². The summed E-state index contributed by atoms with van der Waals surface area (Å²) >= 11 is 0. The van der Waals surface area contributed by atoms with Crippen LogP contribution in [0.4, 0.5) is 5.69 Å². The smallest absolute Gasteiger partial charge is 0.0726 e. The van der Waals surface area contributed by atoms with E-state index in [-0.39, 0.29) is 0 Å². The third-order valence-corrected chi connectivity index (χ3v) is 3.79.